The lowest BCUT2D eigenvalue weighted by atomic mass is 10.1. The quantitative estimate of drug-likeness (QED) is 0.0358. The molecule has 1 saturated heterocycles. The molecule has 1 fully saturated rings. The summed E-state index contributed by atoms with van der Waals surface area (Å²) in [4.78, 5) is 23.0. The van der Waals surface area contributed by atoms with Gasteiger partial charge in [-0.05, 0) is 118 Å². The normalized spacial score (nSPS) is 13.4. The zero-order chi connectivity index (χ0) is 41.4. The highest BCUT2D eigenvalue weighted by atomic mass is 32.1. The second kappa shape index (κ2) is 22.2. The third-order valence-electron chi connectivity index (χ3n) is 10.5. The van der Waals surface area contributed by atoms with Crippen LogP contribution in [0.2, 0.25) is 0 Å². The van der Waals surface area contributed by atoms with E-state index in [4.69, 9.17) is 38.1 Å². The third kappa shape index (κ3) is 11.9. The minimum absolute atomic E-state index is 0.191. The Morgan fingerprint density at radius 3 is 1.78 bits per heavy atom. The molecule has 1 aliphatic heterocycles. The number of para-hydroxylation sites is 1. The minimum atomic E-state index is -0.191. The second-order valence-corrected chi connectivity index (χ2v) is 15.4. The molecule has 1 aliphatic rings. The summed E-state index contributed by atoms with van der Waals surface area (Å²) < 4.78 is 40.8. The van der Waals surface area contributed by atoms with Crippen molar-refractivity contribution in [1.29, 1.82) is 0 Å². The van der Waals surface area contributed by atoms with Crippen molar-refractivity contribution in [3.63, 3.8) is 0 Å². The van der Waals surface area contributed by atoms with Crippen molar-refractivity contribution in [2.75, 3.05) is 88.0 Å². The molecule has 6 rings (SSSR count). The van der Waals surface area contributed by atoms with Gasteiger partial charge in [-0.3, -0.25) is 4.79 Å². The van der Waals surface area contributed by atoms with Crippen molar-refractivity contribution in [1.82, 2.24) is 14.8 Å². The number of nitrogens with zero attached hydrogens (tertiary/aromatic N) is 3. The van der Waals surface area contributed by atoms with Gasteiger partial charge in [0, 0.05) is 37.3 Å². The number of hydrogen-bond donors (Lipinski definition) is 0. The maximum absolute atomic E-state index is 13.0. The van der Waals surface area contributed by atoms with E-state index >= 15 is 0 Å². The number of piperazine rings is 1. The van der Waals surface area contributed by atoms with Gasteiger partial charge in [0.2, 0.25) is 5.75 Å². The molecule has 11 nitrogen and oxygen atoms in total. The van der Waals surface area contributed by atoms with Crippen molar-refractivity contribution in [2.45, 2.75) is 38.5 Å². The highest BCUT2D eigenvalue weighted by molar-refractivity contribution is 7.21. The monoisotopic (exact) mass is 823 g/mol. The van der Waals surface area contributed by atoms with Gasteiger partial charge in [0.15, 0.2) is 40.3 Å². The highest BCUT2D eigenvalue weighted by Crippen LogP contribution is 2.39. The number of unbranched alkanes of at least 4 members (excludes halogenated alkanes) is 4. The minimum Gasteiger partial charge on any atom is -0.493 e. The average molecular weight is 824 g/mol. The molecule has 2 heterocycles. The molecular formula is C47H57N3O8S. The SMILES string of the molecule is COc1ccc(/C=C/C(=O)c2cc(OC)c(OC)c(OC)c2)cc1OCCCCCN1CCN(CCCCCOc2cc(-c3nc4ccccc4s3)ccc2OC)CC1. The maximum Gasteiger partial charge on any atom is 0.203 e. The van der Waals surface area contributed by atoms with E-state index < -0.39 is 0 Å². The summed E-state index contributed by atoms with van der Waals surface area (Å²) in [6.07, 6.45) is 9.77. The van der Waals surface area contributed by atoms with Crippen molar-refractivity contribution in [3.8, 4) is 50.8 Å². The van der Waals surface area contributed by atoms with Crippen molar-refractivity contribution in [2.24, 2.45) is 0 Å². The van der Waals surface area contributed by atoms with Crippen LogP contribution >= 0.6 is 11.3 Å². The number of thiazole rings is 1. The number of hydrogen-bond acceptors (Lipinski definition) is 12. The maximum atomic E-state index is 13.0. The molecule has 0 N–H and O–H groups in total. The largest absolute Gasteiger partial charge is 0.493 e. The Bertz CT molecular complexity index is 2090. The Morgan fingerprint density at radius 2 is 1.20 bits per heavy atom. The second-order valence-electron chi connectivity index (χ2n) is 14.4. The summed E-state index contributed by atoms with van der Waals surface area (Å²) in [7, 11) is 7.89. The molecule has 0 saturated carbocycles. The van der Waals surface area contributed by atoms with Crippen molar-refractivity contribution >= 4 is 33.4 Å². The Balaban J connectivity index is 0.842. The van der Waals surface area contributed by atoms with E-state index in [9.17, 15) is 4.79 Å². The van der Waals surface area contributed by atoms with Crippen molar-refractivity contribution in [3.05, 3.63) is 90.0 Å². The number of aromatic nitrogens is 1. The fourth-order valence-electron chi connectivity index (χ4n) is 7.15. The molecule has 1 aromatic heterocycles. The topological polar surface area (TPSA) is 101 Å². The Hall–Kier alpha value is -5.30. The summed E-state index contributed by atoms with van der Waals surface area (Å²) in [5.41, 5.74) is 3.32. The lowest BCUT2D eigenvalue weighted by molar-refractivity contribution is 0.104. The van der Waals surface area contributed by atoms with Gasteiger partial charge in [0.1, 0.15) is 5.01 Å². The number of rotatable bonds is 23. The van der Waals surface area contributed by atoms with Gasteiger partial charge in [0.05, 0.1) is 59.0 Å². The Labute approximate surface area is 352 Å². The van der Waals surface area contributed by atoms with Gasteiger partial charge < -0.3 is 43.0 Å². The van der Waals surface area contributed by atoms with E-state index in [1.165, 1.54) is 38.5 Å². The van der Waals surface area contributed by atoms with Gasteiger partial charge in [0.25, 0.3) is 0 Å². The zero-order valence-corrected chi connectivity index (χ0v) is 35.8. The molecule has 0 spiro atoms. The molecule has 12 heteroatoms. The average Bonchev–Trinajstić information content (AvgIpc) is 3.72. The van der Waals surface area contributed by atoms with Crippen LogP contribution in [0.25, 0.3) is 26.9 Å². The van der Waals surface area contributed by atoms with Crippen LogP contribution in [0.4, 0.5) is 0 Å². The standard InChI is InChI=1S/C47H57N3O8S/c1-52-39-20-17-34(16-19-38(51)36-32-43(54-3)46(56-5)44(33-36)55-4)30-41(39)57-28-12-6-10-22-49-24-26-50(27-25-49)23-11-7-13-29-58-42-31-35(18-21-40(42)53-2)47-48-37-14-8-9-15-45(37)59-47/h8-9,14-21,30-33H,6-7,10-13,22-29H2,1-5H3/b19-16+. The molecule has 4 aromatic carbocycles. The molecule has 0 radical (unpaired) electrons. The molecule has 0 unspecified atom stereocenters. The van der Waals surface area contributed by atoms with Crippen LogP contribution in [-0.4, -0.2) is 109 Å². The number of benzene rings is 4. The molecule has 0 atom stereocenters. The van der Waals surface area contributed by atoms with Crippen LogP contribution < -0.4 is 33.2 Å². The fourth-order valence-corrected chi connectivity index (χ4v) is 8.11. The lowest BCUT2D eigenvalue weighted by Gasteiger charge is -2.34. The van der Waals surface area contributed by atoms with Crippen LogP contribution in [0.15, 0.2) is 78.9 Å². The van der Waals surface area contributed by atoms with Gasteiger partial charge in [-0.15, -0.1) is 11.3 Å². The van der Waals surface area contributed by atoms with Crippen molar-refractivity contribution < 1.29 is 38.0 Å². The van der Waals surface area contributed by atoms with Crippen LogP contribution in [0.5, 0.6) is 40.2 Å². The zero-order valence-electron chi connectivity index (χ0n) is 35.0. The van der Waals surface area contributed by atoms with E-state index in [0.29, 0.717) is 47.5 Å². The van der Waals surface area contributed by atoms with Gasteiger partial charge in [-0.25, -0.2) is 4.98 Å². The molecule has 0 amide bonds. The van der Waals surface area contributed by atoms with Crippen LogP contribution in [0.1, 0.15) is 54.4 Å². The smallest absolute Gasteiger partial charge is 0.203 e. The van der Waals surface area contributed by atoms with Crippen LogP contribution in [-0.2, 0) is 0 Å². The van der Waals surface area contributed by atoms with E-state index in [1.807, 2.05) is 48.5 Å². The number of ether oxygens (including phenoxy) is 7. The molecule has 59 heavy (non-hydrogen) atoms. The first-order valence-corrected chi connectivity index (χ1v) is 21.2. The predicted molar refractivity (Wildman–Crippen MR) is 236 cm³/mol. The first-order chi connectivity index (χ1) is 28.9. The van der Waals surface area contributed by atoms with Gasteiger partial charge in [-0.2, -0.15) is 0 Å². The van der Waals surface area contributed by atoms with Crippen LogP contribution in [0, 0.1) is 0 Å². The van der Waals surface area contributed by atoms with Gasteiger partial charge >= 0.3 is 0 Å². The third-order valence-corrected chi connectivity index (χ3v) is 11.6. The van der Waals surface area contributed by atoms with Crippen LogP contribution in [0.3, 0.4) is 0 Å². The first kappa shape index (κ1) is 43.3. The number of fused-ring (bicyclic) bond motifs is 1. The molecular weight excluding hydrogens is 767 g/mol. The molecule has 5 aromatic rings. The molecule has 0 aliphatic carbocycles. The van der Waals surface area contributed by atoms with E-state index in [0.717, 1.165) is 105 Å². The number of ketones is 1. The summed E-state index contributed by atoms with van der Waals surface area (Å²) in [6.45, 7) is 7.97. The number of allylic oxidation sites excluding steroid dienone is 1. The Kier molecular flexibility index (Phi) is 16.3. The number of carbonyl (C=O) groups is 1. The number of carbonyl (C=O) groups excluding carboxylic acids is 1. The first-order valence-electron chi connectivity index (χ1n) is 20.4. The summed E-state index contributed by atoms with van der Waals surface area (Å²) >= 11 is 1.69. The highest BCUT2D eigenvalue weighted by Gasteiger charge is 2.18. The van der Waals surface area contributed by atoms with E-state index in [1.54, 1.807) is 43.8 Å². The summed E-state index contributed by atoms with van der Waals surface area (Å²) in [6, 6.07) is 23.2. The molecule has 314 valence electrons. The summed E-state index contributed by atoms with van der Waals surface area (Å²) in [5, 5.41) is 0.988. The summed E-state index contributed by atoms with van der Waals surface area (Å²) in [5.74, 6) is 3.94. The van der Waals surface area contributed by atoms with E-state index in [2.05, 4.69) is 21.9 Å². The fraction of sp³-hybridized carbons (Fsp3) is 0.404. The Morgan fingerprint density at radius 1 is 0.627 bits per heavy atom. The predicted octanol–water partition coefficient (Wildman–Crippen LogP) is 9.32. The number of methoxy groups -OCH3 is 5. The molecule has 0 bridgehead atoms. The van der Waals surface area contributed by atoms with Gasteiger partial charge in [-0.1, -0.05) is 24.3 Å². The lowest BCUT2D eigenvalue weighted by Crippen LogP contribution is -2.46. The van der Waals surface area contributed by atoms with E-state index in [-0.39, 0.29) is 5.78 Å².